The predicted octanol–water partition coefficient (Wildman–Crippen LogP) is 1.83. The highest BCUT2D eigenvalue weighted by Gasteiger charge is 2.08. The molecule has 1 heterocycles. The molecule has 0 aliphatic carbocycles. The van der Waals surface area contributed by atoms with E-state index in [0.717, 1.165) is 0 Å². The van der Waals surface area contributed by atoms with Crippen molar-refractivity contribution in [2.75, 3.05) is 11.9 Å². The number of amides is 1. The standard InChI is InChI=1S/C13H20N2O3/c1-4-11(16)8-18-12-7-10(5-6-14-12)15-13(17)9(2)3/h5-7,9,11,16H,4,8H2,1-3H3,(H,14,15,17)/t11-/m1/s1. The average molecular weight is 252 g/mol. The molecular formula is C13H20N2O3. The summed E-state index contributed by atoms with van der Waals surface area (Å²) in [7, 11) is 0. The average Bonchev–Trinajstić information content (AvgIpc) is 2.36. The Labute approximate surface area is 107 Å². The second kappa shape index (κ2) is 6.96. The summed E-state index contributed by atoms with van der Waals surface area (Å²) in [6.07, 6.45) is 1.69. The van der Waals surface area contributed by atoms with Crippen molar-refractivity contribution in [1.82, 2.24) is 4.98 Å². The summed E-state index contributed by atoms with van der Waals surface area (Å²) in [6, 6.07) is 3.34. The van der Waals surface area contributed by atoms with Crippen molar-refractivity contribution in [1.29, 1.82) is 0 Å². The second-order valence-electron chi connectivity index (χ2n) is 4.40. The van der Waals surface area contributed by atoms with Gasteiger partial charge in [0, 0.05) is 23.9 Å². The molecule has 0 aliphatic rings. The molecule has 0 aromatic carbocycles. The molecule has 2 N–H and O–H groups in total. The Bertz CT molecular complexity index is 394. The van der Waals surface area contributed by atoms with Gasteiger partial charge < -0.3 is 15.2 Å². The molecule has 1 atom stereocenters. The van der Waals surface area contributed by atoms with Gasteiger partial charge in [0.2, 0.25) is 11.8 Å². The van der Waals surface area contributed by atoms with Crippen LogP contribution in [0.25, 0.3) is 0 Å². The SMILES string of the molecule is CC[C@@H](O)COc1cc(NC(=O)C(C)C)ccn1. The lowest BCUT2D eigenvalue weighted by Gasteiger charge is -2.11. The van der Waals surface area contributed by atoms with Gasteiger partial charge in [-0.05, 0) is 12.5 Å². The fourth-order valence-corrected chi connectivity index (χ4v) is 1.15. The zero-order valence-electron chi connectivity index (χ0n) is 11.0. The molecule has 5 heteroatoms. The van der Waals surface area contributed by atoms with Gasteiger partial charge in [-0.3, -0.25) is 4.79 Å². The molecule has 0 saturated heterocycles. The predicted molar refractivity (Wildman–Crippen MR) is 69.5 cm³/mol. The fraction of sp³-hybridized carbons (Fsp3) is 0.538. The van der Waals surface area contributed by atoms with Gasteiger partial charge in [0.05, 0.1) is 6.10 Å². The third-order valence-corrected chi connectivity index (χ3v) is 2.42. The molecule has 1 rings (SSSR count). The molecule has 5 nitrogen and oxygen atoms in total. The lowest BCUT2D eigenvalue weighted by Crippen LogP contribution is -2.18. The summed E-state index contributed by atoms with van der Waals surface area (Å²) in [5.41, 5.74) is 0.643. The fourth-order valence-electron chi connectivity index (χ4n) is 1.15. The van der Waals surface area contributed by atoms with Crippen LogP contribution in [0.4, 0.5) is 5.69 Å². The number of hydrogen-bond donors (Lipinski definition) is 2. The number of hydrogen-bond acceptors (Lipinski definition) is 4. The molecule has 0 aliphatic heterocycles. The van der Waals surface area contributed by atoms with E-state index in [9.17, 15) is 9.90 Å². The lowest BCUT2D eigenvalue weighted by molar-refractivity contribution is -0.118. The first-order valence-electron chi connectivity index (χ1n) is 6.10. The lowest BCUT2D eigenvalue weighted by atomic mass is 10.2. The van der Waals surface area contributed by atoms with Crippen molar-refractivity contribution in [2.45, 2.75) is 33.3 Å². The van der Waals surface area contributed by atoms with Crippen molar-refractivity contribution in [3.63, 3.8) is 0 Å². The molecule has 1 aromatic rings. The van der Waals surface area contributed by atoms with Gasteiger partial charge in [-0.1, -0.05) is 20.8 Å². The van der Waals surface area contributed by atoms with E-state index < -0.39 is 6.10 Å². The molecule has 0 bridgehead atoms. The summed E-state index contributed by atoms with van der Waals surface area (Å²) in [5, 5.41) is 12.1. The van der Waals surface area contributed by atoms with Crippen molar-refractivity contribution in [3.05, 3.63) is 18.3 Å². The second-order valence-corrected chi connectivity index (χ2v) is 4.40. The number of rotatable bonds is 6. The zero-order valence-corrected chi connectivity index (χ0v) is 11.0. The Morgan fingerprint density at radius 1 is 1.56 bits per heavy atom. The van der Waals surface area contributed by atoms with E-state index in [0.29, 0.717) is 18.0 Å². The number of aliphatic hydroxyl groups excluding tert-OH is 1. The van der Waals surface area contributed by atoms with Gasteiger partial charge in [-0.2, -0.15) is 0 Å². The topological polar surface area (TPSA) is 71.5 Å². The number of aliphatic hydroxyl groups is 1. The maximum atomic E-state index is 11.5. The van der Waals surface area contributed by atoms with E-state index in [4.69, 9.17) is 4.74 Å². The van der Waals surface area contributed by atoms with Gasteiger partial charge in [-0.25, -0.2) is 4.98 Å². The number of ether oxygens (including phenoxy) is 1. The summed E-state index contributed by atoms with van der Waals surface area (Å²) in [5.74, 6) is 0.259. The largest absolute Gasteiger partial charge is 0.475 e. The number of carbonyl (C=O) groups excluding carboxylic acids is 1. The molecular weight excluding hydrogens is 232 g/mol. The Morgan fingerprint density at radius 3 is 2.89 bits per heavy atom. The van der Waals surface area contributed by atoms with Gasteiger partial charge >= 0.3 is 0 Å². The number of pyridine rings is 1. The van der Waals surface area contributed by atoms with Crippen LogP contribution < -0.4 is 10.1 Å². The van der Waals surface area contributed by atoms with E-state index in [-0.39, 0.29) is 18.4 Å². The maximum Gasteiger partial charge on any atom is 0.226 e. The maximum absolute atomic E-state index is 11.5. The van der Waals surface area contributed by atoms with Crippen LogP contribution in [0.2, 0.25) is 0 Å². The van der Waals surface area contributed by atoms with E-state index in [1.807, 2.05) is 20.8 Å². The Morgan fingerprint density at radius 2 is 2.28 bits per heavy atom. The van der Waals surface area contributed by atoms with Crippen LogP contribution in [-0.4, -0.2) is 28.7 Å². The monoisotopic (exact) mass is 252 g/mol. The van der Waals surface area contributed by atoms with Crippen LogP contribution in [0, 0.1) is 5.92 Å². The van der Waals surface area contributed by atoms with Gasteiger partial charge in [0.25, 0.3) is 0 Å². The van der Waals surface area contributed by atoms with Crippen LogP contribution >= 0.6 is 0 Å². The van der Waals surface area contributed by atoms with E-state index >= 15 is 0 Å². The zero-order chi connectivity index (χ0) is 13.5. The summed E-state index contributed by atoms with van der Waals surface area (Å²) >= 11 is 0. The highest BCUT2D eigenvalue weighted by molar-refractivity contribution is 5.92. The van der Waals surface area contributed by atoms with Crippen LogP contribution in [0.15, 0.2) is 18.3 Å². The molecule has 0 saturated carbocycles. The Balaban J connectivity index is 2.59. The van der Waals surface area contributed by atoms with Crippen molar-refractivity contribution in [3.8, 4) is 5.88 Å². The van der Waals surface area contributed by atoms with E-state index in [2.05, 4.69) is 10.3 Å². The normalized spacial score (nSPS) is 12.3. The quantitative estimate of drug-likeness (QED) is 0.810. The Hall–Kier alpha value is -1.62. The molecule has 0 radical (unpaired) electrons. The first-order valence-corrected chi connectivity index (χ1v) is 6.10. The minimum Gasteiger partial charge on any atom is -0.475 e. The molecule has 100 valence electrons. The number of nitrogens with zero attached hydrogens (tertiary/aromatic N) is 1. The van der Waals surface area contributed by atoms with Crippen molar-refractivity contribution < 1.29 is 14.6 Å². The van der Waals surface area contributed by atoms with Crippen LogP contribution in [0.5, 0.6) is 5.88 Å². The molecule has 0 spiro atoms. The van der Waals surface area contributed by atoms with Gasteiger partial charge in [0.1, 0.15) is 6.61 Å². The van der Waals surface area contributed by atoms with Crippen LogP contribution in [-0.2, 0) is 4.79 Å². The first-order chi connectivity index (χ1) is 8.52. The van der Waals surface area contributed by atoms with E-state index in [1.54, 1.807) is 18.3 Å². The molecule has 0 fully saturated rings. The Kier molecular flexibility index (Phi) is 5.58. The highest BCUT2D eigenvalue weighted by atomic mass is 16.5. The molecule has 1 amide bonds. The highest BCUT2D eigenvalue weighted by Crippen LogP contribution is 2.15. The number of aromatic nitrogens is 1. The first kappa shape index (κ1) is 14.4. The molecule has 0 unspecified atom stereocenters. The van der Waals surface area contributed by atoms with Crippen LogP contribution in [0.1, 0.15) is 27.2 Å². The number of carbonyl (C=O) groups is 1. The van der Waals surface area contributed by atoms with Crippen molar-refractivity contribution in [2.24, 2.45) is 5.92 Å². The molecule has 18 heavy (non-hydrogen) atoms. The summed E-state index contributed by atoms with van der Waals surface area (Å²) in [4.78, 5) is 15.5. The minimum atomic E-state index is -0.499. The molecule has 1 aromatic heterocycles. The van der Waals surface area contributed by atoms with Crippen molar-refractivity contribution >= 4 is 11.6 Å². The third kappa shape index (κ3) is 4.71. The van der Waals surface area contributed by atoms with E-state index in [1.165, 1.54) is 0 Å². The minimum absolute atomic E-state index is 0.0549. The number of nitrogens with one attached hydrogen (secondary N) is 1. The number of anilines is 1. The summed E-state index contributed by atoms with van der Waals surface area (Å²) < 4.78 is 5.33. The van der Waals surface area contributed by atoms with Crippen LogP contribution in [0.3, 0.4) is 0 Å². The smallest absolute Gasteiger partial charge is 0.226 e. The third-order valence-electron chi connectivity index (χ3n) is 2.42. The van der Waals surface area contributed by atoms with Gasteiger partial charge in [0.15, 0.2) is 0 Å². The van der Waals surface area contributed by atoms with Gasteiger partial charge in [-0.15, -0.1) is 0 Å². The summed E-state index contributed by atoms with van der Waals surface area (Å²) in [6.45, 7) is 5.73.